The van der Waals surface area contributed by atoms with E-state index in [0.717, 1.165) is 5.56 Å². The SMILES string of the molecule is O=C(OCc1ccccc1)C1CC1(Cl)C(=O)O. The number of esters is 1. The second-order valence-electron chi connectivity index (χ2n) is 4.02. The Labute approximate surface area is 103 Å². The summed E-state index contributed by atoms with van der Waals surface area (Å²) in [5, 5.41) is 8.78. The number of halogens is 1. The Balaban J connectivity index is 1.86. The van der Waals surface area contributed by atoms with Crippen LogP contribution in [0.25, 0.3) is 0 Å². The average molecular weight is 255 g/mol. The number of carboxylic acids is 1. The first kappa shape index (κ1) is 11.9. The predicted molar refractivity (Wildman–Crippen MR) is 60.6 cm³/mol. The monoisotopic (exact) mass is 254 g/mol. The van der Waals surface area contributed by atoms with Gasteiger partial charge in [0.1, 0.15) is 6.61 Å². The van der Waals surface area contributed by atoms with Gasteiger partial charge in [-0.25, -0.2) is 0 Å². The molecule has 1 aliphatic rings. The zero-order valence-electron chi connectivity index (χ0n) is 8.93. The van der Waals surface area contributed by atoms with Gasteiger partial charge in [-0.2, -0.15) is 0 Å². The molecule has 0 spiro atoms. The summed E-state index contributed by atoms with van der Waals surface area (Å²) in [6.07, 6.45) is 0.136. The molecule has 0 saturated heterocycles. The summed E-state index contributed by atoms with van der Waals surface area (Å²) in [5.74, 6) is -2.45. The smallest absolute Gasteiger partial charge is 0.325 e. The Morgan fingerprint density at radius 2 is 2.06 bits per heavy atom. The normalized spacial score (nSPS) is 26.3. The number of carboxylic acid groups (broad SMARTS) is 1. The van der Waals surface area contributed by atoms with Crippen LogP contribution in [0.2, 0.25) is 0 Å². The molecule has 0 aromatic heterocycles. The first-order valence-corrected chi connectivity index (χ1v) is 5.54. The molecule has 0 aliphatic heterocycles. The lowest BCUT2D eigenvalue weighted by Gasteiger charge is -2.05. The van der Waals surface area contributed by atoms with E-state index >= 15 is 0 Å². The van der Waals surface area contributed by atoms with Crippen molar-refractivity contribution in [3.8, 4) is 0 Å². The third kappa shape index (κ3) is 2.42. The fraction of sp³-hybridized carbons (Fsp3) is 0.333. The van der Waals surface area contributed by atoms with E-state index in [0.29, 0.717) is 0 Å². The topological polar surface area (TPSA) is 63.6 Å². The Kier molecular flexibility index (Phi) is 3.07. The van der Waals surface area contributed by atoms with Crippen molar-refractivity contribution in [3.63, 3.8) is 0 Å². The lowest BCUT2D eigenvalue weighted by Crippen LogP contribution is -2.22. The second-order valence-corrected chi connectivity index (χ2v) is 4.69. The van der Waals surface area contributed by atoms with E-state index in [9.17, 15) is 9.59 Å². The molecule has 17 heavy (non-hydrogen) atoms. The van der Waals surface area contributed by atoms with Crippen LogP contribution in [0.4, 0.5) is 0 Å². The van der Waals surface area contributed by atoms with Gasteiger partial charge in [-0.1, -0.05) is 30.3 Å². The Hall–Kier alpha value is -1.55. The van der Waals surface area contributed by atoms with E-state index in [1.165, 1.54) is 0 Å². The van der Waals surface area contributed by atoms with Gasteiger partial charge in [0, 0.05) is 0 Å². The van der Waals surface area contributed by atoms with Gasteiger partial charge >= 0.3 is 11.9 Å². The summed E-state index contributed by atoms with van der Waals surface area (Å²) >= 11 is 5.72. The van der Waals surface area contributed by atoms with Crippen molar-refractivity contribution in [2.45, 2.75) is 17.9 Å². The molecule has 0 bridgehead atoms. The quantitative estimate of drug-likeness (QED) is 0.658. The Morgan fingerprint density at radius 1 is 1.41 bits per heavy atom. The molecule has 0 heterocycles. The number of aliphatic carboxylic acids is 1. The number of hydrogen-bond acceptors (Lipinski definition) is 3. The molecular formula is C12H11ClO4. The van der Waals surface area contributed by atoms with Crippen molar-refractivity contribution >= 4 is 23.5 Å². The van der Waals surface area contributed by atoms with Crippen LogP contribution in [0, 0.1) is 5.92 Å². The number of benzene rings is 1. The van der Waals surface area contributed by atoms with Crippen molar-refractivity contribution in [2.75, 3.05) is 0 Å². The van der Waals surface area contributed by atoms with E-state index in [1.807, 2.05) is 30.3 Å². The van der Waals surface area contributed by atoms with Gasteiger partial charge in [-0.05, 0) is 12.0 Å². The molecule has 4 nitrogen and oxygen atoms in total. The number of rotatable bonds is 4. The van der Waals surface area contributed by atoms with Crippen molar-refractivity contribution in [2.24, 2.45) is 5.92 Å². The summed E-state index contributed by atoms with van der Waals surface area (Å²) < 4.78 is 5.01. The van der Waals surface area contributed by atoms with Crippen molar-refractivity contribution in [1.82, 2.24) is 0 Å². The maximum Gasteiger partial charge on any atom is 0.325 e. The van der Waals surface area contributed by atoms with Crippen molar-refractivity contribution < 1.29 is 19.4 Å². The lowest BCUT2D eigenvalue weighted by molar-refractivity contribution is -0.149. The van der Waals surface area contributed by atoms with E-state index in [4.69, 9.17) is 21.4 Å². The zero-order chi connectivity index (χ0) is 12.5. The van der Waals surface area contributed by atoms with Crippen LogP contribution in [0.1, 0.15) is 12.0 Å². The van der Waals surface area contributed by atoms with Crippen LogP contribution < -0.4 is 0 Å². The molecule has 1 N–H and O–H groups in total. The van der Waals surface area contributed by atoms with Gasteiger partial charge in [-0.15, -0.1) is 11.6 Å². The molecule has 90 valence electrons. The zero-order valence-corrected chi connectivity index (χ0v) is 9.68. The van der Waals surface area contributed by atoms with Gasteiger partial charge in [0.05, 0.1) is 5.92 Å². The first-order chi connectivity index (χ1) is 8.04. The van der Waals surface area contributed by atoms with Gasteiger partial charge in [-0.3, -0.25) is 9.59 Å². The molecule has 0 radical (unpaired) electrons. The first-order valence-electron chi connectivity index (χ1n) is 5.17. The minimum absolute atomic E-state index is 0.136. The fourth-order valence-electron chi connectivity index (χ4n) is 1.57. The van der Waals surface area contributed by atoms with Crippen LogP contribution in [-0.2, 0) is 20.9 Å². The Bertz CT molecular complexity index is 445. The minimum atomic E-state index is -1.45. The molecule has 1 aromatic carbocycles. The minimum Gasteiger partial charge on any atom is -0.480 e. The highest BCUT2D eigenvalue weighted by molar-refractivity contribution is 6.38. The number of ether oxygens (including phenoxy) is 1. The number of carbonyl (C=O) groups is 2. The molecule has 1 aliphatic carbocycles. The maximum absolute atomic E-state index is 11.5. The van der Waals surface area contributed by atoms with Crippen LogP contribution >= 0.6 is 11.6 Å². The Morgan fingerprint density at radius 3 is 2.59 bits per heavy atom. The molecule has 1 aromatic rings. The van der Waals surface area contributed by atoms with Crippen LogP contribution in [0.3, 0.4) is 0 Å². The molecule has 1 saturated carbocycles. The predicted octanol–water partition coefficient (Wildman–Crippen LogP) is 1.81. The van der Waals surface area contributed by atoms with Crippen molar-refractivity contribution in [3.05, 3.63) is 35.9 Å². The largest absolute Gasteiger partial charge is 0.480 e. The number of alkyl halides is 1. The highest BCUT2D eigenvalue weighted by Crippen LogP contribution is 2.50. The van der Waals surface area contributed by atoms with Gasteiger partial charge < -0.3 is 9.84 Å². The molecule has 2 rings (SSSR count). The number of carbonyl (C=O) groups excluding carboxylic acids is 1. The summed E-state index contributed by atoms with van der Waals surface area (Å²) in [6, 6.07) is 9.18. The molecule has 0 amide bonds. The summed E-state index contributed by atoms with van der Waals surface area (Å²) in [5.41, 5.74) is 0.858. The lowest BCUT2D eigenvalue weighted by atomic mass is 10.2. The summed E-state index contributed by atoms with van der Waals surface area (Å²) in [4.78, 5) is 20.8. The second kappa shape index (κ2) is 4.37. The van der Waals surface area contributed by atoms with Gasteiger partial charge in [0.2, 0.25) is 0 Å². The van der Waals surface area contributed by atoms with Gasteiger partial charge in [0.25, 0.3) is 0 Å². The summed E-state index contributed by atoms with van der Waals surface area (Å²) in [7, 11) is 0. The third-order valence-electron chi connectivity index (χ3n) is 2.76. The fourth-order valence-corrected chi connectivity index (χ4v) is 1.82. The number of hydrogen-bond donors (Lipinski definition) is 1. The van der Waals surface area contributed by atoms with Gasteiger partial charge in [0.15, 0.2) is 4.87 Å². The average Bonchev–Trinajstić information content (AvgIpc) is 3.02. The maximum atomic E-state index is 11.5. The summed E-state index contributed by atoms with van der Waals surface area (Å²) in [6.45, 7) is 0.142. The molecular weight excluding hydrogens is 244 g/mol. The molecule has 2 unspecified atom stereocenters. The molecule has 5 heteroatoms. The third-order valence-corrected chi connectivity index (χ3v) is 3.34. The van der Waals surface area contributed by atoms with Crippen LogP contribution in [0.15, 0.2) is 30.3 Å². The van der Waals surface area contributed by atoms with E-state index in [2.05, 4.69) is 0 Å². The van der Waals surface area contributed by atoms with Crippen LogP contribution in [0.5, 0.6) is 0 Å². The van der Waals surface area contributed by atoms with Crippen molar-refractivity contribution in [1.29, 1.82) is 0 Å². The van der Waals surface area contributed by atoms with E-state index < -0.39 is 22.7 Å². The molecule has 1 fully saturated rings. The van der Waals surface area contributed by atoms with Crippen LogP contribution in [-0.4, -0.2) is 21.9 Å². The van der Waals surface area contributed by atoms with E-state index in [-0.39, 0.29) is 13.0 Å². The highest BCUT2D eigenvalue weighted by Gasteiger charge is 2.64. The van der Waals surface area contributed by atoms with E-state index in [1.54, 1.807) is 0 Å². The highest BCUT2D eigenvalue weighted by atomic mass is 35.5. The standard InChI is InChI=1S/C12H11ClO4/c13-12(11(15)16)6-9(12)10(14)17-7-8-4-2-1-3-5-8/h1-5,9H,6-7H2,(H,15,16). The molecule has 2 atom stereocenters.